The molecule has 0 radical (unpaired) electrons. The highest BCUT2D eigenvalue weighted by molar-refractivity contribution is 7.10. The number of ether oxygens (including phenoxy) is 1. The number of aryl methyl sites for hydroxylation is 2. The number of carbonyl (C=O) groups is 2. The van der Waals surface area contributed by atoms with E-state index in [0.717, 1.165) is 21.6 Å². The summed E-state index contributed by atoms with van der Waals surface area (Å²) in [5, 5.41) is 13.2. The third-order valence-corrected chi connectivity index (χ3v) is 6.47. The van der Waals surface area contributed by atoms with Crippen molar-refractivity contribution in [3.63, 3.8) is 0 Å². The summed E-state index contributed by atoms with van der Waals surface area (Å²) in [5.74, 6) is -1.13. The zero-order chi connectivity index (χ0) is 22.1. The first kappa shape index (κ1) is 20.8. The van der Waals surface area contributed by atoms with Crippen molar-refractivity contribution in [3.8, 4) is 5.75 Å². The van der Waals surface area contributed by atoms with E-state index in [0.29, 0.717) is 11.3 Å². The number of thiophene rings is 1. The summed E-state index contributed by atoms with van der Waals surface area (Å²) < 4.78 is 5.41. The molecule has 3 heterocycles. The van der Waals surface area contributed by atoms with E-state index in [-0.39, 0.29) is 17.9 Å². The highest BCUT2D eigenvalue weighted by Gasteiger charge is 2.47. The summed E-state index contributed by atoms with van der Waals surface area (Å²) in [6, 6.07) is 10.2. The van der Waals surface area contributed by atoms with Crippen LogP contribution in [0, 0.1) is 13.8 Å². The van der Waals surface area contributed by atoms with Gasteiger partial charge in [-0.05, 0) is 60.7 Å². The third-order valence-electron chi connectivity index (χ3n) is 5.40. The number of pyridine rings is 1. The second-order valence-electron chi connectivity index (χ2n) is 7.45. The van der Waals surface area contributed by atoms with E-state index in [1.807, 2.05) is 31.4 Å². The first-order valence-corrected chi connectivity index (χ1v) is 10.7. The van der Waals surface area contributed by atoms with Crippen LogP contribution in [0.15, 0.2) is 59.7 Å². The quantitative estimate of drug-likeness (QED) is 0.366. The predicted octanol–water partition coefficient (Wildman–Crippen LogP) is 4.39. The Bertz CT molecular complexity index is 1180. The number of aliphatic hydroxyl groups excluding tert-OH is 1. The number of aliphatic hydroxyl groups is 1. The Balaban J connectivity index is 1.91. The van der Waals surface area contributed by atoms with E-state index in [9.17, 15) is 14.7 Å². The molecule has 1 N–H and O–H groups in total. The number of carbonyl (C=O) groups excluding carboxylic acids is 2. The van der Waals surface area contributed by atoms with Gasteiger partial charge < -0.3 is 14.7 Å². The molecule has 0 spiro atoms. The maximum atomic E-state index is 13.2. The normalized spacial score (nSPS) is 17.9. The van der Waals surface area contributed by atoms with Gasteiger partial charge in [0.15, 0.2) is 0 Å². The minimum Gasteiger partial charge on any atom is -0.507 e. The van der Waals surface area contributed by atoms with Crippen molar-refractivity contribution in [1.29, 1.82) is 0 Å². The zero-order valence-corrected chi connectivity index (χ0v) is 18.3. The second-order valence-corrected chi connectivity index (χ2v) is 8.40. The van der Waals surface area contributed by atoms with Crippen LogP contribution in [0.2, 0.25) is 0 Å². The molecule has 1 amide bonds. The Kier molecular flexibility index (Phi) is 5.61. The Morgan fingerprint density at radius 2 is 1.90 bits per heavy atom. The Morgan fingerprint density at radius 3 is 2.55 bits per heavy atom. The number of methoxy groups -OCH3 is 1. The van der Waals surface area contributed by atoms with Gasteiger partial charge in [-0.2, -0.15) is 0 Å². The molecule has 31 heavy (non-hydrogen) atoms. The zero-order valence-electron chi connectivity index (χ0n) is 17.5. The Hall–Kier alpha value is -3.45. The lowest BCUT2D eigenvalue weighted by Gasteiger charge is -2.25. The van der Waals surface area contributed by atoms with Crippen LogP contribution in [-0.2, 0) is 16.1 Å². The van der Waals surface area contributed by atoms with Crippen molar-refractivity contribution in [2.24, 2.45) is 0 Å². The van der Waals surface area contributed by atoms with Crippen LogP contribution >= 0.6 is 11.3 Å². The van der Waals surface area contributed by atoms with Gasteiger partial charge in [0.2, 0.25) is 0 Å². The summed E-state index contributed by atoms with van der Waals surface area (Å²) in [6.07, 6.45) is 3.30. The standard InChI is InChI=1S/C24H22N2O4S/c1-14-4-5-18(30-3)17(12-14)21(27)19-20(23-15(2)8-11-31-23)26(24(29)22(19)28)13-16-6-9-25-10-7-16/h4-12,20,27H,13H2,1-3H3/b21-19+. The molecule has 1 aliphatic rings. The SMILES string of the molecule is COc1ccc(C)cc1/C(O)=C1\C(=O)C(=O)N(Cc2ccncc2)C1c1sccc1C. The highest BCUT2D eigenvalue weighted by Crippen LogP contribution is 2.44. The molecule has 158 valence electrons. The monoisotopic (exact) mass is 434 g/mol. The molecule has 1 saturated heterocycles. The number of rotatable bonds is 5. The van der Waals surface area contributed by atoms with Gasteiger partial charge in [-0.15, -0.1) is 11.3 Å². The molecule has 0 aliphatic carbocycles. The number of benzene rings is 1. The van der Waals surface area contributed by atoms with Gasteiger partial charge in [-0.25, -0.2) is 0 Å². The lowest BCUT2D eigenvalue weighted by molar-refractivity contribution is -0.140. The van der Waals surface area contributed by atoms with Crippen LogP contribution in [-0.4, -0.2) is 33.8 Å². The molecule has 1 aliphatic heterocycles. The molecule has 4 rings (SSSR count). The fraction of sp³-hybridized carbons (Fsp3) is 0.208. The van der Waals surface area contributed by atoms with E-state index in [1.165, 1.54) is 23.3 Å². The fourth-order valence-corrected chi connectivity index (χ4v) is 4.86. The molecule has 0 saturated carbocycles. The maximum Gasteiger partial charge on any atom is 0.295 e. The molecule has 7 heteroatoms. The number of amides is 1. The molecular formula is C24H22N2O4S. The van der Waals surface area contributed by atoms with E-state index in [2.05, 4.69) is 4.98 Å². The van der Waals surface area contributed by atoms with Crippen molar-refractivity contribution >= 4 is 28.8 Å². The van der Waals surface area contributed by atoms with E-state index in [1.54, 1.807) is 36.7 Å². The van der Waals surface area contributed by atoms with Crippen molar-refractivity contribution in [2.75, 3.05) is 7.11 Å². The molecular weight excluding hydrogens is 412 g/mol. The Morgan fingerprint density at radius 1 is 1.16 bits per heavy atom. The van der Waals surface area contributed by atoms with Gasteiger partial charge in [0.05, 0.1) is 18.2 Å². The van der Waals surface area contributed by atoms with Crippen molar-refractivity contribution in [1.82, 2.24) is 9.88 Å². The minimum atomic E-state index is -0.701. The van der Waals surface area contributed by atoms with Gasteiger partial charge >= 0.3 is 0 Å². The topological polar surface area (TPSA) is 79.7 Å². The highest BCUT2D eigenvalue weighted by atomic mass is 32.1. The number of Topliss-reactive ketones (excluding diaryl/α,β-unsaturated/α-hetero) is 1. The molecule has 1 aromatic carbocycles. The summed E-state index contributed by atoms with van der Waals surface area (Å²) >= 11 is 1.46. The summed E-state index contributed by atoms with van der Waals surface area (Å²) in [6.45, 7) is 4.06. The average molecular weight is 435 g/mol. The second kappa shape index (κ2) is 8.35. The van der Waals surface area contributed by atoms with Crippen LogP contribution in [0.25, 0.3) is 5.76 Å². The van der Waals surface area contributed by atoms with Crippen LogP contribution in [0.4, 0.5) is 0 Å². The van der Waals surface area contributed by atoms with Gasteiger partial charge in [-0.1, -0.05) is 11.6 Å². The van der Waals surface area contributed by atoms with Gasteiger partial charge in [-0.3, -0.25) is 14.6 Å². The third kappa shape index (κ3) is 3.72. The molecule has 1 unspecified atom stereocenters. The fourth-order valence-electron chi connectivity index (χ4n) is 3.82. The predicted molar refractivity (Wildman–Crippen MR) is 119 cm³/mol. The molecule has 0 bridgehead atoms. The minimum absolute atomic E-state index is 0.0773. The van der Waals surface area contributed by atoms with Gasteiger partial charge in [0, 0.05) is 23.8 Å². The van der Waals surface area contributed by atoms with Crippen LogP contribution in [0.3, 0.4) is 0 Å². The first-order chi connectivity index (χ1) is 14.9. The largest absolute Gasteiger partial charge is 0.507 e. The molecule has 2 aromatic heterocycles. The van der Waals surface area contributed by atoms with Crippen molar-refractivity contribution in [3.05, 3.63) is 86.9 Å². The molecule has 3 aromatic rings. The lowest BCUT2D eigenvalue weighted by Crippen LogP contribution is -2.29. The van der Waals surface area contributed by atoms with Crippen LogP contribution in [0.5, 0.6) is 5.75 Å². The molecule has 6 nitrogen and oxygen atoms in total. The number of likely N-dealkylation sites (tertiary alicyclic amines) is 1. The van der Waals surface area contributed by atoms with Crippen molar-refractivity contribution in [2.45, 2.75) is 26.4 Å². The maximum absolute atomic E-state index is 13.2. The summed E-state index contributed by atoms with van der Waals surface area (Å²) in [4.78, 5) is 32.6. The Labute approximate surface area is 184 Å². The average Bonchev–Trinajstić information content (AvgIpc) is 3.30. The smallest absolute Gasteiger partial charge is 0.295 e. The first-order valence-electron chi connectivity index (χ1n) is 9.78. The van der Waals surface area contributed by atoms with E-state index < -0.39 is 17.7 Å². The number of hydrogen-bond donors (Lipinski definition) is 1. The van der Waals surface area contributed by atoms with Crippen LogP contribution in [0.1, 0.15) is 33.2 Å². The summed E-state index contributed by atoms with van der Waals surface area (Å²) in [7, 11) is 1.50. The number of aromatic nitrogens is 1. The number of nitrogens with zero attached hydrogens (tertiary/aromatic N) is 2. The van der Waals surface area contributed by atoms with Crippen molar-refractivity contribution < 1.29 is 19.4 Å². The van der Waals surface area contributed by atoms with E-state index in [4.69, 9.17) is 4.74 Å². The van der Waals surface area contributed by atoms with Crippen LogP contribution < -0.4 is 4.74 Å². The van der Waals surface area contributed by atoms with Gasteiger partial charge in [0.1, 0.15) is 17.6 Å². The lowest BCUT2D eigenvalue weighted by atomic mass is 9.97. The molecule has 1 atom stereocenters. The van der Waals surface area contributed by atoms with Gasteiger partial charge in [0.25, 0.3) is 11.7 Å². The summed E-state index contributed by atoms with van der Waals surface area (Å²) in [5.41, 5.74) is 3.18. The van der Waals surface area contributed by atoms with E-state index >= 15 is 0 Å². The molecule has 1 fully saturated rings. The number of hydrogen-bond acceptors (Lipinski definition) is 6. The number of ketones is 1.